The van der Waals surface area contributed by atoms with E-state index in [0.29, 0.717) is 31.1 Å². The third kappa shape index (κ3) is 5.43. The summed E-state index contributed by atoms with van der Waals surface area (Å²) in [7, 11) is -4.61. The number of hydrogen-bond donors (Lipinski definition) is 0. The molecule has 5 rings (SSSR count). The van der Waals surface area contributed by atoms with E-state index < -0.39 is 39.7 Å². The first kappa shape index (κ1) is 25.4. The number of esters is 1. The maximum Gasteiger partial charge on any atom is 0.344 e. The summed E-state index contributed by atoms with van der Waals surface area (Å²) in [5.41, 5.74) is -1.27. The minimum atomic E-state index is -4.61. The number of carboxylic acids is 1. The van der Waals surface area contributed by atoms with Gasteiger partial charge < -0.3 is 28.7 Å². The first-order chi connectivity index (χ1) is 15.4. The molecule has 0 aromatic heterocycles. The van der Waals surface area contributed by atoms with Gasteiger partial charge in [-0.2, -0.15) is 0 Å². The van der Waals surface area contributed by atoms with E-state index in [1.807, 2.05) is 0 Å². The molecule has 4 aliphatic carbocycles. The molecule has 0 amide bonds. The minimum Gasteiger partial charge on any atom is -0.744 e. The molecule has 0 saturated heterocycles. The van der Waals surface area contributed by atoms with Gasteiger partial charge in [0, 0.05) is 18.5 Å². The quantitative estimate of drug-likeness (QED) is 0.163. The summed E-state index contributed by atoms with van der Waals surface area (Å²) in [4.78, 5) is 23.5. The molecule has 0 N–H and O–H groups in total. The molecule has 4 saturated carbocycles. The third-order valence-electron chi connectivity index (χ3n) is 6.77. The summed E-state index contributed by atoms with van der Waals surface area (Å²) in [6, 6.07) is 2.73. The van der Waals surface area contributed by atoms with Crippen LogP contribution in [0.4, 0.5) is 0 Å². The molecule has 0 spiro atoms. The molecule has 2 atom stereocenters. The SMILES string of the molecule is O=C(COc1cc(I)c(S(=O)(=O)[O-])c(I)c1)OCCOC12CC3CC(C1)CC(C(=O)[O-])(C3)C2. The molecule has 0 radical (unpaired) electrons. The lowest BCUT2D eigenvalue weighted by atomic mass is 9.48. The number of rotatable bonds is 9. The summed E-state index contributed by atoms with van der Waals surface area (Å²) in [6.45, 7) is -0.209. The number of carbonyl (C=O) groups excluding carboxylic acids is 2. The van der Waals surface area contributed by atoms with Crippen molar-refractivity contribution in [2.24, 2.45) is 17.3 Å². The number of carboxylic acid groups (broad SMARTS) is 1. The van der Waals surface area contributed by atoms with E-state index in [1.54, 1.807) is 45.2 Å². The van der Waals surface area contributed by atoms with Crippen LogP contribution in [0, 0.1) is 24.4 Å². The molecule has 1 aromatic carbocycles. The molecule has 1 aromatic rings. The second kappa shape index (κ2) is 9.39. The Morgan fingerprint density at radius 1 is 1.06 bits per heavy atom. The van der Waals surface area contributed by atoms with Gasteiger partial charge in [0.1, 0.15) is 22.5 Å². The van der Waals surface area contributed by atoms with Crippen molar-refractivity contribution in [1.82, 2.24) is 0 Å². The molecular formula is C21H22I2O9S-2. The number of halogens is 2. The highest BCUT2D eigenvalue weighted by Gasteiger charge is 2.59. The molecule has 4 aliphatic rings. The Morgan fingerprint density at radius 3 is 2.21 bits per heavy atom. The molecule has 0 aliphatic heterocycles. The van der Waals surface area contributed by atoms with Crippen LogP contribution in [0.5, 0.6) is 5.75 Å². The number of ether oxygens (including phenoxy) is 3. The zero-order chi connectivity index (χ0) is 24.0. The molecule has 0 heterocycles. The van der Waals surface area contributed by atoms with Crippen LogP contribution in [0.1, 0.15) is 38.5 Å². The van der Waals surface area contributed by atoms with Crippen LogP contribution in [0.25, 0.3) is 0 Å². The van der Waals surface area contributed by atoms with Crippen molar-refractivity contribution in [2.45, 2.75) is 49.0 Å². The van der Waals surface area contributed by atoms with Crippen molar-refractivity contribution in [2.75, 3.05) is 19.8 Å². The Hall–Kier alpha value is -0.710. The van der Waals surface area contributed by atoms with Crippen molar-refractivity contribution < 1.29 is 41.9 Å². The van der Waals surface area contributed by atoms with Gasteiger partial charge in [-0.1, -0.05) is 0 Å². The van der Waals surface area contributed by atoms with Crippen LogP contribution in [0.2, 0.25) is 0 Å². The summed E-state index contributed by atoms with van der Waals surface area (Å²) in [5, 5.41) is 11.8. The molecule has 12 heteroatoms. The van der Waals surface area contributed by atoms with Crippen LogP contribution in [-0.2, 0) is 29.2 Å². The molecular weight excluding hydrogens is 682 g/mol. The first-order valence-electron chi connectivity index (χ1n) is 10.5. The molecule has 9 nitrogen and oxygen atoms in total. The minimum absolute atomic E-state index is 0.0139. The van der Waals surface area contributed by atoms with Gasteiger partial charge in [0.2, 0.25) is 0 Å². The number of hydrogen-bond acceptors (Lipinski definition) is 9. The van der Waals surface area contributed by atoms with Crippen molar-refractivity contribution >= 4 is 67.2 Å². The van der Waals surface area contributed by atoms with E-state index in [0.717, 1.165) is 19.3 Å². The van der Waals surface area contributed by atoms with Crippen molar-refractivity contribution in [1.29, 1.82) is 0 Å². The van der Waals surface area contributed by atoms with Crippen molar-refractivity contribution in [3.8, 4) is 5.75 Å². The molecule has 33 heavy (non-hydrogen) atoms. The van der Waals surface area contributed by atoms with Crippen LogP contribution in [-0.4, -0.2) is 50.3 Å². The van der Waals surface area contributed by atoms with Gasteiger partial charge in [-0.25, -0.2) is 13.2 Å². The predicted octanol–water partition coefficient (Wildman–Crippen LogP) is 1.83. The zero-order valence-electron chi connectivity index (χ0n) is 17.5. The lowest BCUT2D eigenvalue weighted by Crippen LogP contribution is -2.61. The summed E-state index contributed by atoms with van der Waals surface area (Å²) < 4.78 is 51.0. The first-order valence-corrected chi connectivity index (χ1v) is 14.1. The second-order valence-electron chi connectivity index (χ2n) is 9.24. The lowest BCUT2D eigenvalue weighted by Gasteiger charge is -2.62. The highest BCUT2D eigenvalue weighted by atomic mass is 127. The van der Waals surface area contributed by atoms with Crippen LogP contribution in [0.3, 0.4) is 0 Å². The average Bonchev–Trinajstić information content (AvgIpc) is 2.67. The summed E-state index contributed by atoms with van der Waals surface area (Å²) >= 11 is 3.45. The smallest absolute Gasteiger partial charge is 0.344 e. The molecule has 4 bridgehead atoms. The topological polar surface area (TPSA) is 142 Å². The van der Waals surface area contributed by atoms with Gasteiger partial charge in [-0.05, 0) is 108 Å². The predicted molar refractivity (Wildman–Crippen MR) is 127 cm³/mol. The third-order valence-corrected chi connectivity index (χ3v) is 10.1. The van der Waals surface area contributed by atoms with Gasteiger partial charge in [0.05, 0.1) is 17.1 Å². The number of aliphatic carboxylic acids is 1. The van der Waals surface area contributed by atoms with E-state index in [1.165, 1.54) is 12.1 Å². The Bertz CT molecular complexity index is 1030. The van der Waals surface area contributed by atoms with Gasteiger partial charge >= 0.3 is 5.97 Å². The maximum absolute atomic E-state index is 12.0. The van der Waals surface area contributed by atoms with Gasteiger partial charge in [-0.15, -0.1) is 0 Å². The van der Waals surface area contributed by atoms with E-state index >= 15 is 0 Å². The highest BCUT2D eigenvalue weighted by Crippen LogP contribution is 2.62. The van der Waals surface area contributed by atoms with E-state index in [4.69, 9.17) is 14.2 Å². The van der Waals surface area contributed by atoms with Crippen molar-refractivity contribution in [3.05, 3.63) is 19.3 Å². The van der Waals surface area contributed by atoms with E-state index in [-0.39, 0.29) is 31.0 Å². The molecule has 4 fully saturated rings. The fraction of sp³-hybridized carbons (Fsp3) is 0.619. The fourth-order valence-electron chi connectivity index (χ4n) is 6.04. The lowest BCUT2D eigenvalue weighted by molar-refractivity contribution is -0.332. The van der Waals surface area contributed by atoms with Gasteiger partial charge in [0.15, 0.2) is 6.61 Å². The van der Waals surface area contributed by atoms with E-state index in [9.17, 15) is 27.7 Å². The standard InChI is InChI=1S/C21H24I2O9S/c22-15-4-14(5-16(23)18(15)33(27,28)29)31-10-17(24)30-1-2-32-21-8-12-3-13(9-21)7-20(6-12,11-21)19(25)26/h4-5,12-13H,1-3,6-11H2,(H,25,26)(H,27,28,29)/p-2. The monoisotopic (exact) mass is 704 g/mol. The number of benzene rings is 1. The van der Waals surface area contributed by atoms with E-state index in [2.05, 4.69) is 0 Å². The van der Waals surface area contributed by atoms with Crippen LogP contribution >= 0.6 is 45.2 Å². The van der Waals surface area contributed by atoms with Crippen LogP contribution < -0.4 is 9.84 Å². The Morgan fingerprint density at radius 2 is 1.67 bits per heavy atom. The Kier molecular flexibility index (Phi) is 7.22. The fourth-order valence-corrected chi connectivity index (χ4v) is 9.97. The van der Waals surface area contributed by atoms with Gasteiger partial charge in [0.25, 0.3) is 0 Å². The zero-order valence-corrected chi connectivity index (χ0v) is 22.6. The summed E-state index contributed by atoms with van der Waals surface area (Å²) in [6.07, 6.45) is 4.51. The van der Waals surface area contributed by atoms with Crippen molar-refractivity contribution in [3.63, 3.8) is 0 Å². The molecule has 2 unspecified atom stereocenters. The number of carbonyl (C=O) groups is 2. The maximum atomic E-state index is 12.0. The second-order valence-corrected chi connectivity index (χ2v) is 12.9. The Labute approximate surface area is 218 Å². The summed E-state index contributed by atoms with van der Waals surface area (Å²) in [5.74, 6) is -0.674. The van der Waals surface area contributed by atoms with Crippen LogP contribution in [0.15, 0.2) is 17.0 Å². The largest absolute Gasteiger partial charge is 0.744 e. The molecule has 182 valence electrons. The normalized spacial score (nSPS) is 30.3. The van der Waals surface area contributed by atoms with Gasteiger partial charge in [-0.3, -0.25) is 0 Å². The highest BCUT2D eigenvalue weighted by molar-refractivity contribution is 14.1. The average molecular weight is 704 g/mol. The Balaban J connectivity index is 1.25.